The zero-order valence-corrected chi connectivity index (χ0v) is 8.69. The van der Waals surface area contributed by atoms with Crippen LogP contribution in [0.5, 0.6) is 0 Å². The van der Waals surface area contributed by atoms with Gasteiger partial charge in [0.25, 0.3) is 0 Å². The Bertz CT molecular complexity index is 327. The minimum Gasteiger partial charge on any atom is -0.323 e. The van der Waals surface area contributed by atoms with E-state index in [9.17, 15) is 0 Å². The van der Waals surface area contributed by atoms with Crippen LogP contribution >= 0.6 is 27.5 Å². The molecule has 64 valence electrons. The zero-order valence-electron chi connectivity index (χ0n) is 6.35. The van der Waals surface area contributed by atoms with Crippen LogP contribution in [0.2, 0.25) is 5.15 Å². The van der Waals surface area contributed by atoms with Crippen molar-refractivity contribution in [3.8, 4) is 0 Å². The lowest BCUT2D eigenvalue weighted by Crippen LogP contribution is -2.07. The van der Waals surface area contributed by atoms with E-state index in [0.717, 1.165) is 23.0 Å². The molecule has 1 aliphatic rings. The number of aromatic nitrogens is 1. The average Bonchev–Trinajstić information content (AvgIpc) is 2.35. The molecule has 1 aromatic heterocycles. The number of fused-ring (bicyclic) bond motifs is 1. The van der Waals surface area contributed by atoms with Crippen LogP contribution < -0.4 is 5.73 Å². The van der Waals surface area contributed by atoms with E-state index in [2.05, 4.69) is 20.9 Å². The summed E-state index contributed by atoms with van der Waals surface area (Å²) in [6.07, 6.45) is 1.99. The molecule has 1 aliphatic carbocycles. The summed E-state index contributed by atoms with van der Waals surface area (Å²) in [4.78, 5) is 4.23. The molecule has 1 aromatic rings. The third-order valence-electron chi connectivity index (χ3n) is 2.12. The molecular weight excluding hydrogens is 239 g/mol. The number of hydrogen-bond donors (Lipinski definition) is 1. The number of aryl methyl sites for hydroxylation is 1. The first kappa shape index (κ1) is 8.48. The maximum Gasteiger partial charge on any atom is 0.143 e. The van der Waals surface area contributed by atoms with E-state index in [4.69, 9.17) is 17.3 Å². The van der Waals surface area contributed by atoms with E-state index >= 15 is 0 Å². The molecular formula is C8H8BrClN2. The Labute approximate surface area is 84.3 Å². The van der Waals surface area contributed by atoms with Crippen molar-refractivity contribution in [2.24, 2.45) is 5.73 Å². The lowest BCUT2D eigenvalue weighted by atomic mass is 10.2. The highest BCUT2D eigenvalue weighted by atomic mass is 79.9. The SMILES string of the molecule is NC1CCc2cc(Br)c(Cl)nc21. The van der Waals surface area contributed by atoms with E-state index in [-0.39, 0.29) is 6.04 Å². The van der Waals surface area contributed by atoms with Crippen LogP contribution in [-0.4, -0.2) is 4.98 Å². The molecule has 0 aliphatic heterocycles. The molecule has 1 unspecified atom stereocenters. The maximum absolute atomic E-state index is 5.84. The van der Waals surface area contributed by atoms with Crippen molar-refractivity contribution in [2.75, 3.05) is 0 Å². The standard InChI is InChI=1S/C8H8BrClN2/c9-5-3-4-1-2-6(11)7(4)12-8(5)10/h3,6H,1-2,11H2. The van der Waals surface area contributed by atoms with Crippen LogP contribution in [0.4, 0.5) is 0 Å². The lowest BCUT2D eigenvalue weighted by Gasteiger charge is -2.04. The number of halogens is 2. The van der Waals surface area contributed by atoms with E-state index in [1.165, 1.54) is 5.56 Å². The summed E-state index contributed by atoms with van der Waals surface area (Å²) >= 11 is 9.18. The molecule has 0 spiro atoms. The molecule has 0 radical (unpaired) electrons. The first-order valence-corrected chi connectivity index (χ1v) is 4.96. The second kappa shape index (κ2) is 2.98. The fourth-order valence-corrected chi connectivity index (χ4v) is 2.00. The number of hydrogen-bond acceptors (Lipinski definition) is 2. The molecule has 0 bridgehead atoms. The highest BCUT2D eigenvalue weighted by molar-refractivity contribution is 9.10. The Morgan fingerprint density at radius 1 is 1.67 bits per heavy atom. The summed E-state index contributed by atoms with van der Waals surface area (Å²) in [7, 11) is 0. The second-order valence-corrected chi connectivity index (χ2v) is 4.16. The van der Waals surface area contributed by atoms with Crippen LogP contribution in [-0.2, 0) is 6.42 Å². The molecule has 1 heterocycles. The predicted molar refractivity (Wildman–Crippen MR) is 52.2 cm³/mol. The lowest BCUT2D eigenvalue weighted by molar-refractivity contribution is 0.698. The predicted octanol–water partition coefficient (Wildman–Crippen LogP) is 2.44. The molecule has 1 atom stereocenters. The van der Waals surface area contributed by atoms with Crippen LogP contribution in [0.25, 0.3) is 0 Å². The Morgan fingerprint density at radius 2 is 2.42 bits per heavy atom. The van der Waals surface area contributed by atoms with Gasteiger partial charge in [-0.3, -0.25) is 0 Å². The van der Waals surface area contributed by atoms with E-state index in [1.807, 2.05) is 6.07 Å². The molecule has 2 nitrogen and oxygen atoms in total. The monoisotopic (exact) mass is 246 g/mol. The van der Waals surface area contributed by atoms with Crippen LogP contribution in [0, 0.1) is 0 Å². The van der Waals surface area contributed by atoms with E-state index in [0.29, 0.717) is 5.15 Å². The van der Waals surface area contributed by atoms with Crippen molar-refractivity contribution < 1.29 is 0 Å². The number of nitrogens with two attached hydrogens (primary N) is 1. The van der Waals surface area contributed by atoms with Crippen LogP contribution in [0.1, 0.15) is 23.7 Å². The summed E-state index contributed by atoms with van der Waals surface area (Å²) in [6, 6.07) is 2.09. The first-order valence-electron chi connectivity index (χ1n) is 3.79. The Kier molecular flexibility index (Phi) is 2.10. The number of nitrogens with zero attached hydrogens (tertiary/aromatic N) is 1. The van der Waals surface area contributed by atoms with Crippen molar-refractivity contribution in [3.05, 3.63) is 26.9 Å². The third-order valence-corrected chi connectivity index (χ3v) is 3.24. The molecule has 2 rings (SSSR count). The second-order valence-electron chi connectivity index (χ2n) is 2.95. The quantitative estimate of drug-likeness (QED) is 0.715. The highest BCUT2D eigenvalue weighted by Crippen LogP contribution is 2.32. The summed E-state index contributed by atoms with van der Waals surface area (Å²) in [5.74, 6) is 0. The van der Waals surface area contributed by atoms with Gasteiger partial charge in [-0.15, -0.1) is 0 Å². The van der Waals surface area contributed by atoms with Crippen LogP contribution in [0.15, 0.2) is 10.5 Å². The van der Waals surface area contributed by atoms with Crippen molar-refractivity contribution in [3.63, 3.8) is 0 Å². The van der Waals surface area contributed by atoms with Gasteiger partial charge in [0, 0.05) is 6.04 Å². The van der Waals surface area contributed by atoms with Gasteiger partial charge in [-0.2, -0.15) is 0 Å². The van der Waals surface area contributed by atoms with Gasteiger partial charge in [-0.1, -0.05) is 11.6 Å². The molecule has 0 amide bonds. The van der Waals surface area contributed by atoms with Gasteiger partial charge in [-0.25, -0.2) is 4.98 Å². The minimum atomic E-state index is 0.0746. The molecule has 0 saturated carbocycles. The largest absolute Gasteiger partial charge is 0.323 e. The van der Waals surface area contributed by atoms with E-state index < -0.39 is 0 Å². The maximum atomic E-state index is 5.84. The Hall–Kier alpha value is -0.120. The fraction of sp³-hybridized carbons (Fsp3) is 0.375. The Balaban J connectivity index is 2.56. The topological polar surface area (TPSA) is 38.9 Å². The third kappa shape index (κ3) is 1.26. The van der Waals surface area contributed by atoms with Gasteiger partial charge in [0.1, 0.15) is 5.15 Å². The van der Waals surface area contributed by atoms with E-state index in [1.54, 1.807) is 0 Å². The fourth-order valence-electron chi connectivity index (χ4n) is 1.49. The molecule has 0 fully saturated rings. The van der Waals surface area contributed by atoms with Crippen molar-refractivity contribution >= 4 is 27.5 Å². The van der Waals surface area contributed by atoms with Gasteiger partial charge in [0.2, 0.25) is 0 Å². The van der Waals surface area contributed by atoms with Gasteiger partial charge in [-0.05, 0) is 40.4 Å². The summed E-state index contributed by atoms with van der Waals surface area (Å²) < 4.78 is 0.858. The zero-order chi connectivity index (χ0) is 8.72. The molecule has 12 heavy (non-hydrogen) atoms. The molecule has 4 heteroatoms. The molecule has 0 saturated heterocycles. The van der Waals surface area contributed by atoms with Crippen molar-refractivity contribution in [1.29, 1.82) is 0 Å². The molecule has 2 N–H and O–H groups in total. The van der Waals surface area contributed by atoms with Crippen molar-refractivity contribution in [2.45, 2.75) is 18.9 Å². The number of rotatable bonds is 0. The van der Waals surface area contributed by atoms with Gasteiger partial charge < -0.3 is 5.73 Å². The summed E-state index contributed by atoms with van der Waals surface area (Å²) in [5, 5.41) is 0.506. The minimum absolute atomic E-state index is 0.0746. The van der Waals surface area contributed by atoms with Gasteiger partial charge in [0.15, 0.2) is 0 Å². The molecule has 0 aromatic carbocycles. The van der Waals surface area contributed by atoms with Crippen molar-refractivity contribution in [1.82, 2.24) is 4.98 Å². The van der Waals surface area contributed by atoms with Gasteiger partial charge in [0.05, 0.1) is 10.2 Å². The average molecular weight is 248 g/mol. The normalized spacial score (nSPS) is 21.1. The van der Waals surface area contributed by atoms with Crippen LogP contribution in [0.3, 0.4) is 0 Å². The summed E-state index contributed by atoms with van der Waals surface area (Å²) in [6.45, 7) is 0. The Morgan fingerprint density at radius 3 is 3.17 bits per heavy atom. The summed E-state index contributed by atoms with van der Waals surface area (Å²) in [5.41, 5.74) is 8.01. The first-order chi connectivity index (χ1) is 5.68. The smallest absolute Gasteiger partial charge is 0.143 e. The highest BCUT2D eigenvalue weighted by Gasteiger charge is 2.21. The van der Waals surface area contributed by atoms with Gasteiger partial charge >= 0.3 is 0 Å². The number of pyridine rings is 1.